The van der Waals surface area contributed by atoms with Crippen molar-refractivity contribution in [3.63, 3.8) is 0 Å². The summed E-state index contributed by atoms with van der Waals surface area (Å²) in [5.41, 5.74) is 2.75. The van der Waals surface area contributed by atoms with Gasteiger partial charge in [0.2, 0.25) is 0 Å². The largest absolute Gasteiger partial charge is 0.486 e. The van der Waals surface area contributed by atoms with Gasteiger partial charge in [0, 0.05) is 16.5 Å². The Balaban J connectivity index is 2.13. The first-order chi connectivity index (χ1) is 9.51. The van der Waals surface area contributed by atoms with Crippen LogP contribution in [-0.4, -0.2) is 5.91 Å². The lowest BCUT2D eigenvalue weighted by atomic mass is 10.2. The van der Waals surface area contributed by atoms with Gasteiger partial charge in [0.15, 0.2) is 11.6 Å². The van der Waals surface area contributed by atoms with Crippen molar-refractivity contribution in [1.82, 2.24) is 5.43 Å². The van der Waals surface area contributed by atoms with Gasteiger partial charge in [0.25, 0.3) is 5.91 Å². The number of ether oxygens (including phenoxy) is 1. The number of hydrogen-bond acceptors (Lipinski definition) is 4. The molecule has 0 spiro atoms. The molecule has 0 radical (unpaired) electrons. The molecular formula is C13H12F2N2O2S. The highest BCUT2D eigenvalue weighted by Gasteiger charge is 2.13. The van der Waals surface area contributed by atoms with Gasteiger partial charge in [0.1, 0.15) is 12.4 Å². The van der Waals surface area contributed by atoms with Crippen LogP contribution in [0, 0.1) is 18.6 Å². The summed E-state index contributed by atoms with van der Waals surface area (Å²) in [5.74, 6) is 3.26. The van der Waals surface area contributed by atoms with E-state index in [0.717, 1.165) is 28.6 Å². The van der Waals surface area contributed by atoms with E-state index in [1.807, 2.05) is 5.43 Å². The molecular weight excluding hydrogens is 286 g/mol. The second-order valence-electron chi connectivity index (χ2n) is 4.03. The van der Waals surface area contributed by atoms with E-state index in [4.69, 9.17) is 10.6 Å². The maximum absolute atomic E-state index is 13.4. The molecule has 0 fully saturated rings. The number of hydrazine groups is 1. The Morgan fingerprint density at radius 3 is 2.85 bits per heavy atom. The summed E-state index contributed by atoms with van der Waals surface area (Å²) in [7, 11) is 0. The molecule has 0 atom stereocenters. The lowest BCUT2D eigenvalue weighted by molar-refractivity contribution is 0.0957. The van der Waals surface area contributed by atoms with Crippen LogP contribution >= 0.6 is 11.3 Å². The average Bonchev–Trinajstić information content (AvgIpc) is 2.80. The van der Waals surface area contributed by atoms with Gasteiger partial charge >= 0.3 is 0 Å². The summed E-state index contributed by atoms with van der Waals surface area (Å²) in [6.07, 6.45) is 0. The van der Waals surface area contributed by atoms with Crippen LogP contribution in [0.4, 0.5) is 8.78 Å². The first-order valence-corrected chi connectivity index (χ1v) is 6.51. The number of aryl methyl sites for hydroxylation is 1. The highest BCUT2D eigenvalue weighted by Crippen LogP contribution is 2.24. The molecule has 0 aliphatic rings. The number of benzene rings is 1. The molecule has 1 amide bonds. The van der Waals surface area contributed by atoms with Gasteiger partial charge in [-0.05, 0) is 25.1 Å². The van der Waals surface area contributed by atoms with E-state index in [1.54, 1.807) is 13.0 Å². The van der Waals surface area contributed by atoms with Gasteiger partial charge in [-0.3, -0.25) is 10.2 Å². The third-order valence-corrected chi connectivity index (χ3v) is 3.74. The maximum atomic E-state index is 13.4. The number of amides is 1. The van der Waals surface area contributed by atoms with Crippen molar-refractivity contribution in [2.45, 2.75) is 13.5 Å². The molecule has 0 aliphatic carbocycles. The van der Waals surface area contributed by atoms with Crippen molar-refractivity contribution in [3.8, 4) is 5.75 Å². The van der Waals surface area contributed by atoms with Crippen LogP contribution in [0.2, 0.25) is 0 Å². The van der Waals surface area contributed by atoms with E-state index < -0.39 is 17.5 Å². The quantitative estimate of drug-likeness (QED) is 0.518. The number of nitrogens with one attached hydrogen (secondary N) is 1. The number of rotatable bonds is 4. The molecule has 2 aromatic rings. The summed E-state index contributed by atoms with van der Waals surface area (Å²) in [4.78, 5) is 12.7. The van der Waals surface area contributed by atoms with Gasteiger partial charge in [-0.25, -0.2) is 14.6 Å². The lowest BCUT2D eigenvalue weighted by Crippen LogP contribution is -2.29. The fraction of sp³-hybridized carbons (Fsp3) is 0.154. The first kappa shape index (κ1) is 14.4. The highest BCUT2D eigenvalue weighted by molar-refractivity contribution is 7.14. The minimum absolute atomic E-state index is 0.0422. The Labute approximate surface area is 118 Å². The molecule has 0 saturated carbocycles. The lowest BCUT2D eigenvalue weighted by Gasteiger charge is -2.06. The molecule has 1 aromatic heterocycles. The van der Waals surface area contributed by atoms with Gasteiger partial charge in [-0.15, -0.1) is 11.3 Å². The number of carbonyl (C=O) groups excluding carboxylic acids is 1. The Bertz CT molecular complexity index is 643. The first-order valence-electron chi connectivity index (χ1n) is 5.69. The zero-order valence-corrected chi connectivity index (χ0v) is 11.4. The summed E-state index contributed by atoms with van der Waals surface area (Å²) in [6, 6.07) is 4.60. The van der Waals surface area contributed by atoms with Crippen LogP contribution in [0.3, 0.4) is 0 Å². The topological polar surface area (TPSA) is 64.4 Å². The van der Waals surface area contributed by atoms with E-state index in [1.165, 1.54) is 11.3 Å². The van der Waals surface area contributed by atoms with Crippen LogP contribution in [0.15, 0.2) is 24.3 Å². The van der Waals surface area contributed by atoms with Crippen LogP contribution in [0.25, 0.3) is 0 Å². The molecule has 0 unspecified atom stereocenters. The van der Waals surface area contributed by atoms with E-state index in [2.05, 4.69) is 0 Å². The van der Waals surface area contributed by atoms with Crippen molar-refractivity contribution in [2.24, 2.45) is 5.84 Å². The highest BCUT2D eigenvalue weighted by atomic mass is 32.1. The number of halogens is 2. The van der Waals surface area contributed by atoms with Crippen molar-refractivity contribution >= 4 is 17.2 Å². The van der Waals surface area contributed by atoms with Crippen molar-refractivity contribution in [1.29, 1.82) is 0 Å². The Morgan fingerprint density at radius 1 is 1.40 bits per heavy atom. The van der Waals surface area contributed by atoms with E-state index in [9.17, 15) is 13.6 Å². The second kappa shape index (κ2) is 5.98. The molecule has 4 nitrogen and oxygen atoms in total. The molecule has 106 valence electrons. The number of hydrogen-bond donors (Lipinski definition) is 2. The smallest absolute Gasteiger partial charge is 0.275 e. The molecule has 1 heterocycles. The molecule has 0 saturated heterocycles. The summed E-state index contributed by atoms with van der Waals surface area (Å²) in [5, 5.41) is 0. The predicted octanol–water partition coefficient (Wildman–Crippen LogP) is 2.52. The fourth-order valence-corrected chi connectivity index (χ4v) is 2.52. The summed E-state index contributed by atoms with van der Waals surface area (Å²) >= 11 is 1.25. The summed E-state index contributed by atoms with van der Waals surface area (Å²) in [6.45, 7) is 1.85. The maximum Gasteiger partial charge on any atom is 0.275 e. The number of nitrogen functional groups attached to an aromatic ring is 1. The summed E-state index contributed by atoms with van der Waals surface area (Å²) < 4.78 is 31.6. The fourth-order valence-electron chi connectivity index (χ4n) is 1.59. The van der Waals surface area contributed by atoms with Gasteiger partial charge in [-0.2, -0.15) is 0 Å². The van der Waals surface area contributed by atoms with Gasteiger partial charge in [0.05, 0.1) is 4.88 Å². The van der Waals surface area contributed by atoms with Crippen LogP contribution in [0.1, 0.15) is 20.1 Å². The van der Waals surface area contributed by atoms with Crippen LogP contribution < -0.4 is 16.0 Å². The Hall–Kier alpha value is -1.99. The van der Waals surface area contributed by atoms with E-state index >= 15 is 0 Å². The minimum Gasteiger partial charge on any atom is -0.486 e. The predicted molar refractivity (Wildman–Crippen MR) is 71.4 cm³/mol. The third-order valence-electron chi connectivity index (χ3n) is 2.65. The van der Waals surface area contributed by atoms with Gasteiger partial charge < -0.3 is 4.74 Å². The third kappa shape index (κ3) is 3.12. The van der Waals surface area contributed by atoms with Crippen molar-refractivity contribution < 1.29 is 18.3 Å². The molecule has 0 bridgehead atoms. The average molecular weight is 298 g/mol. The van der Waals surface area contributed by atoms with Crippen LogP contribution in [0.5, 0.6) is 5.75 Å². The number of nitrogens with two attached hydrogens (primary N) is 1. The number of thiophene rings is 1. The zero-order valence-electron chi connectivity index (χ0n) is 10.6. The second-order valence-corrected chi connectivity index (χ2v) is 5.29. The molecule has 7 heteroatoms. The monoisotopic (exact) mass is 298 g/mol. The normalized spacial score (nSPS) is 10.4. The van der Waals surface area contributed by atoms with E-state index in [-0.39, 0.29) is 12.4 Å². The van der Waals surface area contributed by atoms with E-state index in [0.29, 0.717) is 4.88 Å². The minimum atomic E-state index is -0.640. The Morgan fingerprint density at radius 2 is 2.15 bits per heavy atom. The molecule has 1 aromatic carbocycles. The van der Waals surface area contributed by atoms with Crippen LogP contribution in [-0.2, 0) is 6.61 Å². The standard InChI is InChI=1S/C13H12F2N2O2S/c1-7-8(4-12(20-7)13(18)17-16)6-19-11-5-9(14)2-3-10(11)15/h2-5H,6,16H2,1H3,(H,17,18). The molecule has 2 rings (SSSR count). The Kier molecular flexibility index (Phi) is 4.31. The number of carbonyl (C=O) groups is 1. The SMILES string of the molecule is Cc1sc(C(=O)NN)cc1COc1cc(F)ccc1F. The molecule has 0 aliphatic heterocycles. The molecule has 3 N–H and O–H groups in total. The van der Waals surface area contributed by atoms with Crippen molar-refractivity contribution in [2.75, 3.05) is 0 Å². The zero-order chi connectivity index (χ0) is 14.7. The van der Waals surface area contributed by atoms with Crippen molar-refractivity contribution in [3.05, 3.63) is 51.2 Å². The van der Waals surface area contributed by atoms with Gasteiger partial charge in [-0.1, -0.05) is 0 Å². The molecule has 20 heavy (non-hydrogen) atoms.